The van der Waals surface area contributed by atoms with E-state index in [1.165, 1.54) is 25.1 Å². The van der Waals surface area contributed by atoms with Crippen LogP contribution in [0.1, 0.15) is 17.3 Å². The van der Waals surface area contributed by atoms with Gasteiger partial charge in [-0.25, -0.2) is 4.79 Å². The fraction of sp³-hybridized carbons (Fsp3) is 0.0909. The largest absolute Gasteiger partial charge is 0.478 e. The average molecular weight is 240 g/mol. The molecule has 0 bridgehead atoms. The van der Waals surface area contributed by atoms with Gasteiger partial charge in [-0.3, -0.25) is 4.79 Å². The predicted octanol–water partition coefficient (Wildman–Crippen LogP) is 2.55. The van der Waals surface area contributed by atoms with Crippen LogP contribution in [0.3, 0.4) is 0 Å². The Morgan fingerprint density at radius 1 is 1.44 bits per heavy atom. The van der Waals surface area contributed by atoms with Crippen LogP contribution < -0.4 is 5.32 Å². The molecule has 0 radical (unpaired) electrons. The van der Waals surface area contributed by atoms with E-state index in [2.05, 4.69) is 11.9 Å². The molecule has 0 fully saturated rings. The van der Waals surface area contributed by atoms with Crippen molar-refractivity contribution in [2.45, 2.75) is 6.92 Å². The highest BCUT2D eigenvalue weighted by molar-refractivity contribution is 6.34. The number of carbonyl (C=O) groups excluding carboxylic acids is 1. The number of carbonyl (C=O) groups is 2. The highest BCUT2D eigenvalue weighted by Gasteiger charge is 2.15. The minimum Gasteiger partial charge on any atom is -0.478 e. The lowest BCUT2D eigenvalue weighted by Gasteiger charge is -2.09. The van der Waals surface area contributed by atoms with Crippen LogP contribution in [0.15, 0.2) is 30.4 Å². The van der Waals surface area contributed by atoms with Crippen molar-refractivity contribution in [2.75, 3.05) is 5.32 Å². The van der Waals surface area contributed by atoms with Gasteiger partial charge in [0, 0.05) is 5.57 Å². The first-order chi connectivity index (χ1) is 7.43. The standard InChI is InChI=1S/C11H10ClNO3/c1-6(2)10(14)13-9-7(11(15)16)4-3-5-8(9)12/h3-5H,1H2,2H3,(H,13,14)(H,15,16). The van der Waals surface area contributed by atoms with Crippen LogP contribution in [0.4, 0.5) is 5.69 Å². The molecule has 0 atom stereocenters. The maximum Gasteiger partial charge on any atom is 0.337 e. The highest BCUT2D eigenvalue weighted by atomic mass is 35.5. The van der Waals surface area contributed by atoms with Crippen molar-refractivity contribution in [2.24, 2.45) is 0 Å². The second kappa shape index (κ2) is 4.81. The van der Waals surface area contributed by atoms with Gasteiger partial charge >= 0.3 is 5.97 Å². The SMILES string of the molecule is C=C(C)C(=O)Nc1c(Cl)cccc1C(=O)O. The molecule has 0 spiro atoms. The summed E-state index contributed by atoms with van der Waals surface area (Å²) in [6.07, 6.45) is 0. The number of carboxylic acids is 1. The van der Waals surface area contributed by atoms with Crippen LogP contribution >= 0.6 is 11.6 Å². The molecular formula is C11H10ClNO3. The molecular weight excluding hydrogens is 230 g/mol. The van der Waals surface area contributed by atoms with Crippen LogP contribution in [-0.4, -0.2) is 17.0 Å². The van der Waals surface area contributed by atoms with Gasteiger partial charge in [0.15, 0.2) is 0 Å². The van der Waals surface area contributed by atoms with Crippen molar-refractivity contribution >= 4 is 29.2 Å². The van der Waals surface area contributed by atoms with Crippen LogP contribution in [0.25, 0.3) is 0 Å². The molecule has 0 aromatic heterocycles. The van der Waals surface area contributed by atoms with Crippen molar-refractivity contribution in [3.8, 4) is 0 Å². The fourth-order valence-electron chi connectivity index (χ4n) is 1.05. The summed E-state index contributed by atoms with van der Waals surface area (Å²) in [5, 5.41) is 11.5. The molecule has 1 rings (SSSR count). The van der Waals surface area contributed by atoms with Gasteiger partial charge in [-0.05, 0) is 19.1 Å². The highest BCUT2D eigenvalue weighted by Crippen LogP contribution is 2.26. The number of carboxylic acid groups (broad SMARTS) is 1. The van der Waals surface area contributed by atoms with E-state index >= 15 is 0 Å². The summed E-state index contributed by atoms with van der Waals surface area (Å²) < 4.78 is 0. The van der Waals surface area contributed by atoms with E-state index in [9.17, 15) is 9.59 Å². The number of anilines is 1. The minimum absolute atomic E-state index is 0.0536. The zero-order valence-electron chi connectivity index (χ0n) is 8.58. The number of nitrogens with one attached hydrogen (secondary N) is 1. The lowest BCUT2D eigenvalue weighted by molar-refractivity contribution is -0.112. The second-order valence-corrected chi connectivity index (χ2v) is 3.61. The molecule has 5 heteroatoms. The molecule has 0 unspecified atom stereocenters. The van der Waals surface area contributed by atoms with E-state index in [0.717, 1.165) is 0 Å². The summed E-state index contributed by atoms with van der Waals surface area (Å²) in [5.74, 6) is -1.62. The van der Waals surface area contributed by atoms with Crippen molar-refractivity contribution in [1.29, 1.82) is 0 Å². The van der Waals surface area contributed by atoms with E-state index in [-0.39, 0.29) is 21.8 Å². The molecule has 16 heavy (non-hydrogen) atoms. The van der Waals surface area contributed by atoms with Crippen LogP contribution in [0.2, 0.25) is 5.02 Å². The maximum atomic E-state index is 11.4. The lowest BCUT2D eigenvalue weighted by Crippen LogP contribution is -2.15. The average Bonchev–Trinajstić information content (AvgIpc) is 2.20. The van der Waals surface area contributed by atoms with Crippen LogP contribution in [0, 0.1) is 0 Å². The van der Waals surface area contributed by atoms with Gasteiger partial charge in [-0.1, -0.05) is 24.2 Å². The first-order valence-corrected chi connectivity index (χ1v) is 4.80. The topological polar surface area (TPSA) is 66.4 Å². The number of para-hydroxylation sites is 1. The van der Waals surface area contributed by atoms with Crippen molar-refractivity contribution in [1.82, 2.24) is 0 Å². The third-order valence-corrected chi connectivity index (χ3v) is 2.19. The summed E-state index contributed by atoms with van der Waals surface area (Å²) >= 11 is 5.81. The summed E-state index contributed by atoms with van der Waals surface area (Å²) in [6.45, 7) is 4.97. The van der Waals surface area contributed by atoms with E-state index < -0.39 is 11.9 Å². The molecule has 0 saturated carbocycles. The van der Waals surface area contributed by atoms with Gasteiger partial charge in [-0.2, -0.15) is 0 Å². The molecule has 1 aromatic rings. The zero-order valence-corrected chi connectivity index (χ0v) is 9.34. The molecule has 0 aliphatic carbocycles. The molecule has 0 heterocycles. The molecule has 2 N–H and O–H groups in total. The Balaban J connectivity index is 3.16. The first kappa shape index (κ1) is 12.3. The third kappa shape index (κ3) is 2.61. The van der Waals surface area contributed by atoms with Gasteiger partial charge in [0.2, 0.25) is 0 Å². The monoisotopic (exact) mass is 239 g/mol. The number of halogens is 1. The number of aromatic carboxylic acids is 1. The molecule has 1 amide bonds. The van der Waals surface area contributed by atoms with Gasteiger partial charge in [-0.15, -0.1) is 0 Å². The first-order valence-electron chi connectivity index (χ1n) is 4.42. The van der Waals surface area contributed by atoms with E-state index in [4.69, 9.17) is 16.7 Å². The molecule has 84 valence electrons. The molecule has 0 aliphatic heterocycles. The minimum atomic E-state index is -1.15. The van der Waals surface area contributed by atoms with Crippen molar-refractivity contribution < 1.29 is 14.7 Å². The number of benzene rings is 1. The zero-order chi connectivity index (χ0) is 12.3. The quantitative estimate of drug-likeness (QED) is 0.797. The fourth-order valence-corrected chi connectivity index (χ4v) is 1.27. The summed E-state index contributed by atoms with van der Waals surface area (Å²) in [4.78, 5) is 22.3. The van der Waals surface area contributed by atoms with Crippen molar-refractivity contribution in [3.05, 3.63) is 40.9 Å². The Morgan fingerprint density at radius 2 is 2.06 bits per heavy atom. The number of hydrogen-bond donors (Lipinski definition) is 2. The number of hydrogen-bond acceptors (Lipinski definition) is 2. The van der Waals surface area contributed by atoms with Crippen LogP contribution in [0.5, 0.6) is 0 Å². The molecule has 4 nitrogen and oxygen atoms in total. The van der Waals surface area contributed by atoms with E-state index in [1.807, 2.05) is 0 Å². The van der Waals surface area contributed by atoms with Gasteiger partial charge in [0.05, 0.1) is 16.3 Å². The summed E-state index contributed by atoms with van der Waals surface area (Å²) in [7, 11) is 0. The second-order valence-electron chi connectivity index (χ2n) is 3.20. The molecule has 0 aliphatic rings. The summed E-state index contributed by atoms with van der Waals surface area (Å²) in [6, 6.07) is 4.37. The van der Waals surface area contributed by atoms with Crippen LogP contribution in [-0.2, 0) is 4.79 Å². The van der Waals surface area contributed by atoms with E-state index in [0.29, 0.717) is 0 Å². The molecule has 0 saturated heterocycles. The number of rotatable bonds is 3. The Morgan fingerprint density at radius 3 is 2.56 bits per heavy atom. The maximum absolute atomic E-state index is 11.4. The Bertz CT molecular complexity index is 468. The predicted molar refractivity (Wildman–Crippen MR) is 61.9 cm³/mol. The summed E-state index contributed by atoms with van der Waals surface area (Å²) in [5.41, 5.74) is 0.308. The van der Waals surface area contributed by atoms with E-state index in [1.54, 1.807) is 0 Å². The van der Waals surface area contributed by atoms with Gasteiger partial charge < -0.3 is 10.4 Å². The third-order valence-electron chi connectivity index (χ3n) is 1.87. The Kier molecular flexibility index (Phi) is 3.68. The Labute approximate surface area is 97.5 Å². The normalized spacial score (nSPS) is 9.62. The smallest absolute Gasteiger partial charge is 0.337 e. The molecule has 1 aromatic carbocycles. The Hall–Kier alpha value is -1.81. The number of amides is 1. The van der Waals surface area contributed by atoms with Gasteiger partial charge in [0.1, 0.15) is 0 Å². The lowest BCUT2D eigenvalue weighted by atomic mass is 10.1. The van der Waals surface area contributed by atoms with Gasteiger partial charge in [0.25, 0.3) is 5.91 Å². The van der Waals surface area contributed by atoms with Crippen molar-refractivity contribution in [3.63, 3.8) is 0 Å².